The summed E-state index contributed by atoms with van der Waals surface area (Å²) in [4.78, 5) is 17.9. The Morgan fingerprint density at radius 2 is 0.840 bits per heavy atom. The minimum atomic E-state index is -0.544. The summed E-state index contributed by atoms with van der Waals surface area (Å²) in [5.74, 6) is 1.94. The van der Waals surface area contributed by atoms with Gasteiger partial charge in [-0.15, -0.1) is 0 Å². The van der Waals surface area contributed by atoms with Gasteiger partial charge in [0.25, 0.3) is 0 Å². The molecule has 1 aliphatic heterocycles. The smallest absolute Gasteiger partial charge is 0.165 e. The molecule has 1 aliphatic rings. The number of fused-ring (bicyclic) bond motifs is 2. The van der Waals surface area contributed by atoms with Gasteiger partial charge in [0.15, 0.2) is 17.5 Å². The monoisotopic (exact) mass is 657 g/mol. The second-order valence-electron chi connectivity index (χ2n) is 12.4. The Kier molecular flexibility index (Phi) is 7.64. The fourth-order valence-corrected chi connectivity index (χ4v) is 8.51. The highest BCUT2D eigenvalue weighted by molar-refractivity contribution is 7.99. The lowest BCUT2D eigenvalue weighted by atomic mass is 9.64. The van der Waals surface area contributed by atoms with Crippen LogP contribution in [-0.4, -0.2) is 15.0 Å². The van der Waals surface area contributed by atoms with E-state index in [4.69, 9.17) is 15.0 Å². The lowest BCUT2D eigenvalue weighted by Crippen LogP contribution is -2.34. The summed E-state index contributed by atoms with van der Waals surface area (Å²) in [5, 5.41) is 0. The first-order valence-electron chi connectivity index (χ1n) is 16.8. The van der Waals surface area contributed by atoms with Gasteiger partial charge in [-0.3, -0.25) is 0 Å². The number of rotatable bonds is 6. The van der Waals surface area contributed by atoms with Crippen LogP contribution in [0.4, 0.5) is 0 Å². The van der Waals surface area contributed by atoms with E-state index in [2.05, 4.69) is 164 Å². The van der Waals surface area contributed by atoms with Crippen molar-refractivity contribution in [3.8, 4) is 45.3 Å². The summed E-state index contributed by atoms with van der Waals surface area (Å²) < 4.78 is 0. The molecule has 7 aromatic carbocycles. The molecule has 0 saturated carbocycles. The summed E-state index contributed by atoms with van der Waals surface area (Å²) in [7, 11) is 0. The molecule has 0 N–H and O–H groups in total. The van der Waals surface area contributed by atoms with Gasteiger partial charge in [-0.2, -0.15) is 0 Å². The van der Waals surface area contributed by atoms with Gasteiger partial charge in [-0.05, 0) is 45.5 Å². The van der Waals surface area contributed by atoms with Crippen LogP contribution < -0.4 is 0 Å². The van der Waals surface area contributed by atoms with E-state index in [-0.39, 0.29) is 0 Å². The summed E-state index contributed by atoms with van der Waals surface area (Å²) in [6.45, 7) is 0. The fourth-order valence-electron chi connectivity index (χ4n) is 7.21. The first-order chi connectivity index (χ1) is 24.8. The van der Waals surface area contributed by atoms with Crippen LogP contribution in [0.25, 0.3) is 45.3 Å². The topological polar surface area (TPSA) is 38.7 Å². The predicted octanol–water partition coefficient (Wildman–Crippen LogP) is 11.4. The largest absolute Gasteiger partial charge is 0.208 e. The molecule has 0 saturated heterocycles. The van der Waals surface area contributed by atoms with E-state index in [1.54, 1.807) is 11.8 Å². The number of nitrogens with zero attached hydrogens (tertiary/aromatic N) is 3. The third kappa shape index (κ3) is 5.13. The zero-order chi connectivity index (χ0) is 33.3. The van der Waals surface area contributed by atoms with Crippen molar-refractivity contribution in [3.63, 3.8) is 0 Å². The van der Waals surface area contributed by atoms with Crippen LogP contribution in [0.5, 0.6) is 0 Å². The third-order valence-corrected chi connectivity index (χ3v) is 10.7. The minimum Gasteiger partial charge on any atom is -0.208 e. The Morgan fingerprint density at radius 3 is 1.52 bits per heavy atom. The molecule has 1 aromatic heterocycles. The molecule has 8 aromatic rings. The van der Waals surface area contributed by atoms with Gasteiger partial charge in [-0.1, -0.05) is 188 Å². The molecule has 0 radical (unpaired) electrons. The van der Waals surface area contributed by atoms with Gasteiger partial charge in [-0.25, -0.2) is 15.0 Å². The van der Waals surface area contributed by atoms with Crippen LogP contribution in [-0.2, 0) is 5.41 Å². The summed E-state index contributed by atoms with van der Waals surface area (Å²) in [6.07, 6.45) is 0. The maximum absolute atomic E-state index is 5.26. The van der Waals surface area contributed by atoms with E-state index in [0.29, 0.717) is 17.5 Å². The second kappa shape index (κ2) is 12.7. The van der Waals surface area contributed by atoms with E-state index in [0.717, 1.165) is 32.7 Å². The van der Waals surface area contributed by atoms with Gasteiger partial charge >= 0.3 is 0 Å². The van der Waals surface area contributed by atoms with Gasteiger partial charge in [0.05, 0.1) is 5.41 Å². The third-order valence-electron chi connectivity index (χ3n) is 9.47. The van der Waals surface area contributed by atoms with Crippen LogP contribution in [0, 0.1) is 0 Å². The molecule has 0 bridgehead atoms. The molecule has 50 heavy (non-hydrogen) atoms. The molecule has 9 rings (SSSR count). The lowest BCUT2D eigenvalue weighted by molar-refractivity contribution is 0.703. The minimum absolute atomic E-state index is 0.544. The van der Waals surface area contributed by atoms with Crippen LogP contribution in [0.15, 0.2) is 198 Å². The molecular weight excluding hydrogens is 627 g/mol. The van der Waals surface area contributed by atoms with Crippen molar-refractivity contribution in [2.45, 2.75) is 15.2 Å². The van der Waals surface area contributed by atoms with Crippen molar-refractivity contribution in [2.24, 2.45) is 0 Å². The average molecular weight is 658 g/mol. The van der Waals surface area contributed by atoms with Crippen molar-refractivity contribution < 1.29 is 0 Å². The molecule has 4 heteroatoms. The summed E-state index contributed by atoms with van der Waals surface area (Å²) >= 11 is 1.80. The molecule has 0 unspecified atom stereocenters. The van der Waals surface area contributed by atoms with Gasteiger partial charge in [0.1, 0.15) is 0 Å². The maximum Gasteiger partial charge on any atom is 0.165 e. The van der Waals surface area contributed by atoms with Crippen molar-refractivity contribution in [1.29, 1.82) is 0 Å². The molecule has 3 nitrogen and oxygen atoms in total. The number of aromatic nitrogens is 3. The van der Waals surface area contributed by atoms with Crippen LogP contribution >= 0.6 is 11.8 Å². The summed E-state index contributed by atoms with van der Waals surface area (Å²) in [5.41, 5.74) is 9.52. The van der Waals surface area contributed by atoms with Gasteiger partial charge < -0.3 is 0 Å². The maximum atomic E-state index is 5.26. The van der Waals surface area contributed by atoms with Crippen molar-refractivity contribution in [1.82, 2.24) is 15.0 Å². The highest BCUT2D eigenvalue weighted by Gasteiger charge is 2.45. The predicted molar refractivity (Wildman–Crippen MR) is 204 cm³/mol. The van der Waals surface area contributed by atoms with E-state index in [1.807, 2.05) is 24.3 Å². The van der Waals surface area contributed by atoms with Crippen molar-refractivity contribution in [3.05, 3.63) is 210 Å². The molecule has 0 atom stereocenters. The molecule has 2 heterocycles. The van der Waals surface area contributed by atoms with E-state index in [1.165, 1.54) is 27.1 Å². The lowest BCUT2D eigenvalue weighted by Gasteiger charge is -2.42. The molecule has 0 amide bonds. The van der Waals surface area contributed by atoms with Gasteiger partial charge in [0.2, 0.25) is 0 Å². The Balaban J connectivity index is 1.31. The van der Waals surface area contributed by atoms with E-state index >= 15 is 0 Å². The Bertz CT molecular complexity index is 2410. The van der Waals surface area contributed by atoms with Gasteiger partial charge in [0, 0.05) is 26.5 Å². The van der Waals surface area contributed by atoms with Crippen LogP contribution in [0.2, 0.25) is 0 Å². The number of benzene rings is 7. The average Bonchev–Trinajstić information content (AvgIpc) is 3.21. The van der Waals surface area contributed by atoms with E-state index in [9.17, 15) is 0 Å². The van der Waals surface area contributed by atoms with Crippen LogP contribution in [0.3, 0.4) is 0 Å². The van der Waals surface area contributed by atoms with E-state index < -0.39 is 5.41 Å². The van der Waals surface area contributed by atoms with Crippen LogP contribution in [0.1, 0.15) is 22.3 Å². The summed E-state index contributed by atoms with van der Waals surface area (Å²) in [6, 6.07) is 66.3. The Hall–Kier alpha value is -6.10. The molecular formula is C46H31N3S. The molecule has 0 spiro atoms. The molecule has 0 aliphatic carbocycles. The Morgan fingerprint density at radius 1 is 0.360 bits per heavy atom. The normalized spacial score (nSPS) is 12.9. The number of hydrogen-bond acceptors (Lipinski definition) is 4. The number of hydrogen-bond donors (Lipinski definition) is 0. The van der Waals surface area contributed by atoms with Crippen molar-refractivity contribution in [2.75, 3.05) is 0 Å². The SMILES string of the molecule is c1ccc(-c2cccc(-c3nc(-c4ccccc4)nc(-c4cccc5c4Sc4ccccc4C5(c4ccccc4)c4ccccc4)n3)c2)cc1. The quantitative estimate of drug-likeness (QED) is 0.178. The zero-order valence-electron chi connectivity index (χ0n) is 27.1. The first-order valence-corrected chi connectivity index (χ1v) is 17.6. The molecule has 236 valence electrons. The zero-order valence-corrected chi connectivity index (χ0v) is 28.0. The fraction of sp³-hybridized carbons (Fsp3) is 0.0217. The standard InChI is InChI=1S/C46H31N3S/c1-5-17-32(18-6-1)34-21-15-22-35(31-34)44-47-43(33-19-7-2-8-20-33)48-45(49-44)38-27-16-29-40-42(38)50-41-30-14-13-28-39(41)46(40,36-23-9-3-10-24-36)37-25-11-4-12-26-37/h1-31H. The Labute approximate surface area is 296 Å². The molecule has 0 fully saturated rings. The first kappa shape index (κ1) is 30.0. The van der Waals surface area contributed by atoms with Crippen molar-refractivity contribution >= 4 is 11.8 Å². The second-order valence-corrected chi connectivity index (χ2v) is 13.4. The highest BCUT2D eigenvalue weighted by Crippen LogP contribution is 2.57. The highest BCUT2D eigenvalue weighted by atomic mass is 32.2.